The number of halogens is 3. The van der Waals surface area contributed by atoms with Gasteiger partial charge in [0.2, 0.25) is 5.91 Å². The van der Waals surface area contributed by atoms with Gasteiger partial charge >= 0.3 is 6.18 Å². The molecular weight excluding hydrogens is 373 g/mol. The SMILES string of the molecule is O=C(COCCO)Nc1ccc2c(ccn2Cc2ccc(C(F)(F)F)cc2)c1. The van der Waals surface area contributed by atoms with Crippen LogP contribution >= 0.6 is 0 Å². The van der Waals surface area contributed by atoms with Gasteiger partial charge in [0.05, 0.1) is 18.8 Å². The molecule has 8 heteroatoms. The fourth-order valence-electron chi connectivity index (χ4n) is 2.84. The van der Waals surface area contributed by atoms with Crippen LogP contribution in [-0.2, 0) is 22.3 Å². The summed E-state index contributed by atoms with van der Waals surface area (Å²) in [5.74, 6) is -0.322. The minimum absolute atomic E-state index is 0.0965. The monoisotopic (exact) mass is 392 g/mol. The van der Waals surface area contributed by atoms with Crippen LogP contribution in [0, 0.1) is 0 Å². The summed E-state index contributed by atoms with van der Waals surface area (Å²) in [6.07, 6.45) is -2.50. The predicted molar refractivity (Wildman–Crippen MR) is 99.0 cm³/mol. The molecule has 0 bridgehead atoms. The van der Waals surface area contributed by atoms with Gasteiger partial charge in [-0.2, -0.15) is 13.2 Å². The number of carbonyl (C=O) groups is 1. The van der Waals surface area contributed by atoms with Crippen LogP contribution in [-0.4, -0.2) is 35.4 Å². The van der Waals surface area contributed by atoms with Crippen LogP contribution in [0.25, 0.3) is 10.9 Å². The average molecular weight is 392 g/mol. The van der Waals surface area contributed by atoms with Gasteiger partial charge in [-0.15, -0.1) is 0 Å². The van der Waals surface area contributed by atoms with Gasteiger partial charge in [0, 0.05) is 29.3 Å². The molecule has 2 aromatic carbocycles. The Morgan fingerprint density at radius 1 is 1.11 bits per heavy atom. The third-order valence-corrected chi connectivity index (χ3v) is 4.16. The number of ether oxygens (including phenoxy) is 1. The quantitative estimate of drug-likeness (QED) is 0.604. The first-order valence-corrected chi connectivity index (χ1v) is 8.60. The van der Waals surface area contributed by atoms with Gasteiger partial charge in [0.25, 0.3) is 0 Å². The first-order chi connectivity index (χ1) is 13.4. The summed E-state index contributed by atoms with van der Waals surface area (Å²) < 4.78 is 44.9. The highest BCUT2D eigenvalue weighted by Crippen LogP contribution is 2.29. The van der Waals surface area contributed by atoms with Gasteiger partial charge < -0.3 is 19.7 Å². The Kier molecular flexibility index (Phi) is 6.01. The maximum Gasteiger partial charge on any atom is 0.416 e. The van der Waals surface area contributed by atoms with Gasteiger partial charge in [-0.1, -0.05) is 12.1 Å². The lowest BCUT2D eigenvalue weighted by molar-refractivity contribution is -0.137. The molecule has 0 spiro atoms. The number of nitrogens with one attached hydrogen (secondary N) is 1. The van der Waals surface area contributed by atoms with Crippen LogP contribution in [0.2, 0.25) is 0 Å². The Morgan fingerprint density at radius 2 is 1.86 bits per heavy atom. The number of aliphatic hydroxyl groups is 1. The second-order valence-electron chi connectivity index (χ2n) is 6.24. The number of alkyl halides is 3. The fraction of sp³-hybridized carbons (Fsp3) is 0.250. The molecule has 1 amide bonds. The lowest BCUT2D eigenvalue weighted by Gasteiger charge is -2.10. The van der Waals surface area contributed by atoms with Gasteiger partial charge in [-0.05, 0) is 42.0 Å². The van der Waals surface area contributed by atoms with Crippen molar-refractivity contribution in [3.8, 4) is 0 Å². The van der Waals surface area contributed by atoms with Crippen molar-refractivity contribution >= 4 is 22.5 Å². The summed E-state index contributed by atoms with van der Waals surface area (Å²) in [5, 5.41) is 12.2. The number of hydrogen-bond donors (Lipinski definition) is 2. The topological polar surface area (TPSA) is 63.5 Å². The molecule has 0 saturated heterocycles. The Labute approximate surface area is 159 Å². The van der Waals surface area contributed by atoms with Crippen LogP contribution in [0.4, 0.5) is 18.9 Å². The molecule has 0 saturated carbocycles. The Balaban J connectivity index is 1.69. The van der Waals surface area contributed by atoms with Crippen molar-refractivity contribution in [3.63, 3.8) is 0 Å². The van der Waals surface area contributed by atoms with E-state index < -0.39 is 11.7 Å². The number of nitrogens with zero attached hydrogens (tertiary/aromatic N) is 1. The second kappa shape index (κ2) is 8.45. The first kappa shape index (κ1) is 19.9. The number of anilines is 1. The number of aromatic nitrogens is 1. The molecule has 1 heterocycles. The van der Waals surface area contributed by atoms with E-state index in [1.165, 1.54) is 12.1 Å². The minimum Gasteiger partial charge on any atom is -0.394 e. The van der Waals surface area contributed by atoms with Crippen molar-refractivity contribution in [2.24, 2.45) is 0 Å². The van der Waals surface area contributed by atoms with Crippen LogP contribution in [0.15, 0.2) is 54.7 Å². The number of aliphatic hydroxyl groups excluding tert-OH is 1. The zero-order chi connectivity index (χ0) is 20.1. The van der Waals surface area contributed by atoms with E-state index >= 15 is 0 Å². The van der Waals surface area contributed by atoms with Gasteiger partial charge in [0.1, 0.15) is 6.61 Å². The average Bonchev–Trinajstić information content (AvgIpc) is 3.04. The molecule has 0 aliphatic heterocycles. The van der Waals surface area contributed by atoms with Crippen molar-refractivity contribution in [1.29, 1.82) is 0 Å². The summed E-state index contributed by atoms with van der Waals surface area (Å²) in [6, 6.07) is 12.4. The highest BCUT2D eigenvalue weighted by Gasteiger charge is 2.29. The number of fused-ring (bicyclic) bond motifs is 1. The van der Waals surface area contributed by atoms with Crippen molar-refractivity contribution in [1.82, 2.24) is 4.57 Å². The largest absolute Gasteiger partial charge is 0.416 e. The molecule has 1 aromatic heterocycles. The number of rotatable bonds is 7. The minimum atomic E-state index is -4.34. The van der Waals surface area contributed by atoms with Gasteiger partial charge in [0.15, 0.2) is 0 Å². The molecule has 5 nitrogen and oxygen atoms in total. The Hall–Kier alpha value is -2.84. The van der Waals surface area contributed by atoms with Crippen LogP contribution in [0.1, 0.15) is 11.1 Å². The van der Waals surface area contributed by atoms with Gasteiger partial charge in [-0.25, -0.2) is 0 Å². The van der Waals surface area contributed by atoms with E-state index in [0.29, 0.717) is 12.2 Å². The lowest BCUT2D eigenvalue weighted by atomic mass is 10.1. The van der Waals surface area contributed by atoms with Crippen LogP contribution in [0.5, 0.6) is 0 Å². The van der Waals surface area contributed by atoms with E-state index in [1.807, 2.05) is 29.0 Å². The molecule has 148 valence electrons. The summed E-state index contributed by atoms with van der Waals surface area (Å²) >= 11 is 0. The number of carbonyl (C=O) groups excluding carboxylic acids is 1. The van der Waals surface area contributed by atoms with E-state index in [-0.39, 0.29) is 25.7 Å². The Morgan fingerprint density at radius 3 is 2.54 bits per heavy atom. The molecule has 0 aliphatic rings. The molecule has 3 rings (SSSR count). The van der Waals surface area contributed by atoms with E-state index in [9.17, 15) is 18.0 Å². The molecule has 28 heavy (non-hydrogen) atoms. The third kappa shape index (κ3) is 4.90. The molecule has 0 atom stereocenters. The summed E-state index contributed by atoms with van der Waals surface area (Å²) in [4.78, 5) is 11.8. The molecule has 0 fully saturated rings. The Bertz CT molecular complexity index is 949. The predicted octanol–water partition coefficient (Wildman–Crippen LogP) is 3.66. The third-order valence-electron chi connectivity index (χ3n) is 4.16. The second-order valence-corrected chi connectivity index (χ2v) is 6.24. The molecule has 0 radical (unpaired) electrons. The summed E-state index contributed by atoms with van der Waals surface area (Å²) in [6.45, 7) is 0.237. The summed E-state index contributed by atoms with van der Waals surface area (Å²) in [5.41, 5.74) is 1.59. The fourth-order valence-corrected chi connectivity index (χ4v) is 2.84. The summed E-state index contributed by atoms with van der Waals surface area (Å²) in [7, 11) is 0. The van der Waals surface area contributed by atoms with Crippen LogP contribution < -0.4 is 5.32 Å². The zero-order valence-electron chi connectivity index (χ0n) is 14.9. The van der Waals surface area contributed by atoms with E-state index in [4.69, 9.17) is 9.84 Å². The van der Waals surface area contributed by atoms with Crippen molar-refractivity contribution in [2.75, 3.05) is 25.1 Å². The van der Waals surface area contributed by atoms with Crippen molar-refractivity contribution in [2.45, 2.75) is 12.7 Å². The highest BCUT2D eigenvalue weighted by atomic mass is 19.4. The van der Waals surface area contributed by atoms with E-state index in [0.717, 1.165) is 28.6 Å². The molecule has 0 aliphatic carbocycles. The smallest absolute Gasteiger partial charge is 0.394 e. The molecular formula is C20H19F3N2O3. The molecule has 2 N–H and O–H groups in total. The molecule has 3 aromatic rings. The highest BCUT2D eigenvalue weighted by molar-refractivity contribution is 5.94. The van der Waals surface area contributed by atoms with Crippen molar-refractivity contribution < 1.29 is 27.8 Å². The lowest BCUT2D eigenvalue weighted by Crippen LogP contribution is -2.19. The standard InChI is InChI=1S/C20H19F3N2O3/c21-20(22,23)16-3-1-14(2-4-16)12-25-8-7-15-11-17(5-6-18(15)25)24-19(27)13-28-10-9-26/h1-8,11,26H,9-10,12-13H2,(H,24,27). The molecule has 0 unspecified atom stereocenters. The van der Waals surface area contributed by atoms with Crippen molar-refractivity contribution in [3.05, 3.63) is 65.9 Å². The number of amides is 1. The van der Waals surface area contributed by atoms with Crippen LogP contribution in [0.3, 0.4) is 0 Å². The maximum absolute atomic E-state index is 12.7. The maximum atomic E-state index is 12.7. The van der Waals surface area contributed by atoms with E-state index in [2.05, 4.69) is 5.32 Å². The number of hydrogen-bond acceptors (Lipinski definition) is 3. The van der Waals surface area contributed by atoms with Gasteiger partial charge in [-0.3, -0.25) is 4.79 Å². The van der Waals surface area contributed by atoms with E-state index in [1.54, 1.807) is 6.07 Å². The number of benzene rings is 2. The zero-order valence-corrected chi connectivity index (χ0v) is 14.9. The normalized spacial score (nSPS) is 11.7. The first-order valence-electron chi connectivity index (χ1n) is 8.60.